The summed E-state index contributed by atoms with van der Waals surface area (Å²) < 4.78 is 0. The molecule has 0 spiro atoms. The van der Waals surface area contributed by atoms with Crippen LogP contribution in [0.5, 0.6) is 0 Å². The van der Waals surface area contributed by atoms with Crippen LogP contribution in [0.2, 0.25) is 5.02 Å². The van der Waals surface area contributed by atoms with Gasteiger partial charge in [0.15, 0.2) is 0 Å². The van der Waals surface area contributed by atoms with Crippen molar-refractivity contribution in [2.24, 2.45) is 0 Å². The summed E-state index contributed by atoms with van der Waals surface area (Å²) in [5, 5.41) is 0.763. The first-order chi connectivity index (χ1) is 7.79. The maximum atomic E-state index is 10.7. The molecule has 0 aliphatic carbocycles. The minimum absolute atomic E-state index is 0.699. The monoisotopic (exact) mass is 230 g/mol. The smallest absolute Gasteiger partial charge is 0.150 e. The minimum atomic E-state index is 0.699. The van der Waals surface area contributed by atoms with E-state index in [2.05, 4.69) is 0 Å². The normalized spacial score (nSPS) is 10.1. The number of carbonyl (C=O) groups is 1. The van der Waals surface area contributed by atoms with Gasteiger partial charge in [0.25, 0.3) is 0 Å². The molecular formula is C14H11ClO. The van der Waals surface area contributed by atoms with Gasteiger partial charge in [-0.3, -0.25) is 4.79 Å². The largest absolute Gasteiger partial charge is 0.298 e. The van der Waals surface area contributed by atoms with E-state index in [1.54, 1.807) is 6.07 Å². The van der Waals surface area contributed by atoms with Crippen LogP contribution in [0.25, 0.3) is 0 Å². The van der Waals surface area contributed by atoms with Crippen LogP contribution in [0.15, 0.2) is 48.5 Å². The van der Waals surface area contributed by atoms with Crippen molar-refractivity contribution in [3.8, 4) is 0 Å². The fraction of sp³-hybridized carbons (Fsp3) is 0.0714. The first-order valence-corrected chi connectivity index (χ1v) is 5.45. The van der Waals surface area contributed by atoms with E-state index in [0.717, 1.165) is 28.9 Å². The topological polar surface area (TPSA) is 17.1 Å². The Bertz CT molecular complexity index is 506. The van der Waals surface area contributed by atoms with Crippen LogP contribution in [0.3, 0.4) is 0 Å². The number of halogens is 1. The highest BCUT2D eigenvalue weighted by molar-refractivity contribution is 6.31. The third-order valence-electron chi connectivity index (χ3n) is 2.44. The summed E-state index contributed by atoms with van der Waals surface area (Å²) in [7, 11) is 0. The summed E-state index contributed by atoms with van der Waals surface area (Å²) >= 11 is 6.08. The molecule has 0 aliphatic heterocycles. The summed E-state index contributed by atoms with van der Waals surface area (Å²) in [6, 6.07) is 15.3. The molecule has 0 N–H and O–H groups in total. The molecule has 0 aliphatic rings. The van der Waals surface area contributed by atoms with Crippen molar-refractivity contribution in [1.82, 2.24) is 0 Å². The molecule has 2 rings (SSSR count). The second-order valence-electron chi connectivity index (χ2n) is 3.63. The van der Waals surface area contributed by atoms with Crippen molar-refractivity contribution in [3.63, 3.8) is 0 Å². The molecule has 0 radical (unpaired) electrons. The molecule has 1 nitrogen and oxygen atoms in total. The Hall–Kier alpha value is -1.60. The van der Waals surface area contributed by atoms with Crippen LogP contribution in [0.4, 0.5) is 0 Å². The molecular weight excluding hydrogens is 220 g/mol. The van der Waals surface area contributed by atoms with Gasteiger partial charge in [-0.1, -0.05) is 48.0 Å². The van der Waals surface area contributed by atoms with Crippen molar-refractivity contribution < 1.29 is 4.79 Å². The molecule has 0 saturated carbocycles. The Morgan fingerprint density at radius 3 is 2.62 bits per heavy atom. The van der Waals surface area contributed by atoms with Gasteiger partial charge < -0.3 is 0 Å². The average Bonchev–Trinajstić information content (AvgIpc) is 2.32. The fourth-order valence-corrected chi connectivity index (χ4v) is 1.84. The number of hydrogen-bond acceptors (Lipinski definition) is 1. The van der Waals surface area contributed by atoms with E-state index in [-0.39, 0.29) is 0 Å². The Kier molecular flexibility index (Phi) is 3.37. The standard InChI is InChI=1S/C14H11ClO/c15-14-7-2-1-6-13(14)9-11-4-3-5-12(8-11)10-16/h1-8,10H,9H2. The molecule has 0 amide bonds. The highest BCUT2D eigenvalue weighted by Crippen LogP contribution is 2.19. The summed E-state index contributed by atoms with van der Waals surface area (Å²) in [6.07, 6.45) is 1.61. The van der Waals surface area contributed by atoms with E-state index in [4.69, 9.17) is 11.6 Å². The van der Waals surface area contributed by atoms with Gasteiger partial charge >= 0.3 is 0 Å². The molecule has 2 heteroatoms. The van der Waals surface area contributed by atoms with Gasteiger partial charge in [0.1, 0.15) is 6.29 Å². The number of rotatable bonds is 3. The molecule has 0 aromatic heterocycles. The van der Waals surface area contributed by atoms with E-state index in [9.17, 15) is 4.79 Å². The average molecular weight is 231 g/mol. The lowest BCUT2D eigenvalue weighted by Crippen LogP contribution is -1.90. The summed E-state index contributed by atoms with van der Waals surface area (Å²) in [5.74, 6) is 0. The molecule has 80 valence electrons. The van der Waals surface area contributed by atoms with Crippen molar-refractivity contribution in [1.29, 1.82) is 0 Å². The molecule has 0 bridgehead atoms. The van der Waals surface area contributed by atoms with Crippen LogP contribution < -0.4 is 0 Å². The van der Waals surface area contributed by atoms with Gasteiger partial charge in [-0.05, 0) is 29.7 Å². The maximum Gasteiger partial charge on any atom is 0.150 e. The first kappa shape index (κ1) is 10.9. The number of benzene rings is 2. The molecule has 0 saturated heterocycles. The van der Waals surface area contributed by atoms with Crippen molar-refractivity contribution in [2.45, 2.75) is 6.42 Å². The van der Waals surface area contributed by atoms with Crippen molar-refractivity contribution in [2.75, 3.05) is 0 Å². The van der Waals surface area contributed by atoms with Crippen molar-refractivity contribution in [3.05, 3.63) is 70.2 Å². The number of carbonyl (C=O) groups excluding carboxylic acids is 1. The molecule has 2 aromatic carbocycles. The second kappa shape index (κ2) is 4.95. The lowest BCUT2D eigenvalue weighted by Gasteiger charge is -2.04. The van der Waals surface area contributed by atoms with Gasteiger partial charge in [0.2, 0.25) is 0 Å². The zero-order valence-corrected chi connectivity index (χ0v) is 9.45. The molecule has 0 fully saturated rings. The Morgan fingerprint density at radius 2 is 1.88 bits per heavy atom. The zero-order chi connectivity index (χ0) is 11.4. The van der Waals surface area contributed by atoms with Gasteiger partial charge in [0, 0.05) is 10.6 Å². The predicted molar refractivity (Wildman–Crippen MR) is 66.1 cm³/mol. The minimum Gasteiger partial charge on any atom is -0.298 e. The molecule has 0 atom stereocenters. The number of aldehydes is 1. The van der Waals surface area contributed by atoms with E-state index < -0.39 is 0 Å². The summed E-state index contributed by atoms with van der Waals surface area (Å²) in [4.78, 5) is 10.7. The summed E-state index contributed by atoms with van der Waals surface area (Å²) in [6.45, 7) is 0. The Labute approximate surface area is 99.7 Å². The maximum absolute atomic E-state index is 10.7. The van der Waals surface area contributed by atoms with Crippen LogP contribution in [-0.4, -0.2) is 6.29 Å². The molecule has 16 heavy (non-hydrogen) atoms. The highest BCUT2D eigenvalue weighted by Gasteiger charge is 2.01. The van der Waals surface area contributed by atoms with E-state index in [1.807, 2.05) is 42.5 Å². The fourth-order valence-electron chi connectivity index (χ4n) is 1.64. The van der Waals surface area contributed by atoms with Gasteiger partial charge in [-0.25, -0.2) is 0 Å². The van der Waals surface area contributed by atoms with Crippen LogP contribution in [0.1, 0.15) is 21.5 Å². The van der Waals surface area contributed by atoms with Crippen LogP contribution in [-0.2, 0) is 6.42 Å². The Balaban J connectivity index is 2.27. The second-order valence-corrected chi connectivity index (χ2v) is 4.04. The van der Waals surface area contributed by atoms with Gasteiger partial charge in [-0.15, -0.1) is 0 Å². The third-order valence-corrected chi connectivity index (χ3v) is 2.81. The predicted octanol–water partition coefficient (Wildman–Crippen LogP) is 3.74. The van der Waals surface area contributed by atoms with E-state index >= 15 is 0 Å². The van der Waals surface area contributed by atoms with Crippen LogP contribution >= 0.6 is 11.6 Å². The van der Waals surface area contributed by atoms with Crippen LogP contribution in [0, 0.1) is 0 Å². The molecule has 2 aromatic rings. The lowest BCUT2D eigenvalue weighted by molar-refractivity contribution is 0.112. The zero-order valence-electron chi connectivity index (χ0n) is 8.69. The third kappa shape index (κ3) is 2.50. The Morgan fingerprint density at radius 1 is 1.06 bits per heavy atom. The summed E-state index contributed by atoms with van der Waals surface area (Å²) in [5.41, 5.74) is 2.87. The SMILES string of the molecule is O=Cc1cccc(Cc2ccccc2Cl)c1. The van der Waals surface area contributed by atoms with E-state index in [1.165, 1.54) is 0 Å². The molecule has 0 heterocycles. The van der Waals surface area contributed by atoms with Gasteiger partial charge in [-0.2, -0.15) is 0 Å². The molecule has 0 unspecified atom stereocenters. The lowest BCUT2D eigenvalue weighted by atomic mass is 10.0. The van der Waals surface area contributed by atoms with Crippen molar-refractivity contribution >= 4 is 17.9 Å². The first-order valence-electron chi connectivity index (χ1n) is 5.07. The highest BCUT2D eigenvalue weighted by atomic mass is 35.5. The quantitative estimate of drug-likeness (QED) is 0.734. The van der Waals surface area contributed by atoms with Gasteiger partial charge in [0.05, 0.1) is 0 Å². The number of hydrogen-bond donors (Lipinski definition) is 0. The van der Waals surface area contributed by atoms with E-state index in [0.29, 0.717) is 5.56 Å².